The van der Waals surface area contributed by atoms with Gasteiger partial charge in [-0.2, -0.15) is 0 Å². The highest BCUT2D eigenvalue weighted by Crippen LogP contribution is 2.41. The number of furan rings is 1. The highest BCUT2D eigenvalue weighted by molar-refractivity contribution is 6.10. The molecule has 0 aliphatic carbocycles. The van der Waals surface area contributed by atoms with Crippen LogP contribution >= 0.6 is 0 Å². The molecular formula is C64H42N2O. The minimum atomic E-state index is 0.897. The van der Waals surface area contributed by atoms with Crippen LogP contribution in [0.5, 0.6) is 0 Å². The van der Waals surface area contributed by atoms with E-state index in [1.54, 1.807) is 0 Å². The van der Waals surface area contributed by atoms with Crippen LogP contribution in [0.2, 0.25) is 0 Å². The molecule has 0 aliphatic heterocycles. The first kappa shape index (κ1) is 38.5. The summed E-state index contributed by atoms with van der Waals surface area (Å²) < 4.78 is 8.64. The minimum Gasteiger partial charge on any atom is -0.456 e. The fourth-order valence-corrected chi connectivity index (χ4v) is 10.0. The molecule has 11 aromatic carbocycles. The third-order valence-corrected chi connectivity index (χ3v) is 13.4. The van der Waals surface area contributed by atoms with Crippen LogP contribution in [0, 0.1) is 0 Å². The molecular weight excluding hydrogens is 813 g/mol. The predicted octanol–water partition coefficient (Wildman–Crippen LogP) is 18.0. The maximum atomic E-state index is 6.27. The first-order chi connectivity index (χ1) is 33.2. The molecule has 0 fully saturated rings. The lowest BCUT2D eigenvalue weighted by Gasteiger charge is -2.26. The number of aromatic nitrogens is 1. The first-order valence-corrected chi connectivity index (χ1v) is 22.9. The molecule has 13 aromatic rings. The topological polar surface area (TPSA) is 21.3 Å². The summed E-state index contributed by atoms with van der Waals surface area (Å²) in [5.74, 6) is 0. The van der Waals surface area contributed by atoms with E-state index in [2.05, 4.69) is 252 Å². The molecule has 13 rings (SSSR count). The number of benzene rings is 11. The van der Waals surface area contributed by atoms with Gasteiger partial charge in [-0.05, 0) is 152 Å². The molecule has 67 heavy (non-hydrogen) atoms. The zero-order valence-electron chi connectivity index (χ0n) is 36.6. The molecule has 0 unspecified atom stereocenters. The quantitative estimate of drug-likeness (QED) is 0.152. The number of rotatable bonds is 8. The second kappa shape index (κ2) is 16.0. The Morgan fingerprint density at radius 2 is 0.761 bits per heavy atom. The Balaban J connectivity index is 0.863. The van der Waals surface area contributed by atoms with Crippen molar-refractivity contribution in [3.63, 3.8) is 0 Å². The summed E-state index contributed by atoms with van der Waals surface area (Å²) in [5.41, 5.74) is 18.0. The van der Waals surface area contributed by atoms with E-state index in [4.69, 9.17) is 4.42 Å². The van der Waals surface area contributed by atoms with E-state index in [0.717, 1.165) is 55.8 Å². The molecule has 0 atom stereocenters. The maximum absolute atomic E-state index is 6.27. The van der Waals surface area contributed by atoms with Crippen LogP contribution < -0.4 is 4.90 Å². The smallest absolute Gasteiger partial charge is 0.136 e. The second-order valence-corrected chi connectivity index (χ2v) is 17.3. The Labute approximate surface area is 388 Å². The first-order valence-electron chi connectivity index (χ1n) is 22.9. The molecule has 3 heteroatoms. The van der Waals surface area contributed by atoms with Gasteiger partial charge in [0.15, 0.2) is 0 Å². The van der Waals surface area contributed by atoms with Crippen molar-refractivity contribution in [2.45, 2.75) is 0 Å². The van der Waals surface area contributed by atoms with Gasteiger partial charge in [0.1, 0.15) is 11.2 Å². The standard InChI is InChI=1S/C64H42N2O/c1-2-15-53(16-3-1)66-61-19-8-6-17-57(61)60-41-51(30-38-62(60)66)45-25-33-55(34-26-45)65(56-35-27-46(28-36-56)52-29-37-59-58-18-7-9-20-63(58)67-64(59)42-52)54-31-23-44(24-32-54)48-13-10-14-49(39-48)50-22-21-43-11-4-5-12-47(43)40-50/h1-42H. The summed E-state index contributed by atoms with van der Waals surface area (Å²) in [4.78, 5) is 2.35. The van der Waals surface area contributed by atoms with E-state index in [1.165, 1.54) is 66.0 Å². The normalized spacial score (nSPS) is 11.6. The molecule has 0 saturated carbocycles. The molecule has 2 heterocycles. The van der Waals surface area contributed by atoms with Crippen molar-refractivity contribution in [1.82, 2.24) is 4.57 Å². The Bertz CT molecular complexity index is 3950. The summed E-state index contributed by atoms with van der Waals surface area (Å²) >= 11 is 0. The number of hydrogen-bond acceptors (Lipinski definition) is 2. The van der Waals surface area contributed by atoms with Gasteiger partial charge in [0.2, 0.25) is 0 Å². The average Bonchev–Trinajstić information content (AvgIpc) is 3.94. The SMILES string of the molecule is c1ccc(-n2c3ccccc3c3cc(-c4ccc(N(c5ccc(-c6cccc(-c7ccc8ccccc8c7)c6)cc5)c5ccc(-c6ccc7c(c6)oc6ccccc67)cc5)cc4)ccc32)cc1. The molecule has 0 amide bonds. The van der Waals surface area contributed by atoms with Crippen LogP contribution in [0.25, 0.3) is 105 Å². The van der Waals surface area contributed by atoms with Gasteiger partial charge in [-0.25, -0.2) is 0 Å². The van der Waals surface area contributed by atoms with Crippen molar-refractivity contribution in [2.24, 2.45) is 0 Å². The maximum Gasteiger partial charge on any atom is 0.136 e. The Morgan fingerprint density at radius 3 is 1.48 bits per heavy atom. The fourth-order valence-electron chi connectivity index (χ4n) is 10.0. The second-order valence-electron chi connectivity index (χ2n) is 17.3. The van der Waals surface area contributed by atoms with Gasteiger partial charge >= 0.3 is 0 Å². The average molecular weight is 855 g/mol. The van der Waals surface area contributed by atoms with Gasteiger partial charge in [-0.1, -0.05) is 158 Å². The highest BCUT2D eigenvalue weighted by Gasteiger charge is 2.17. The molecule has 2 aromatic heterocycles. The van der Waals surface area contributed by atoms with Crippen molar-refractivity contribution in [2.75, 3.05) is 4.90 Å². The van der Waals surface area contributed by atoms with Crippen molar-refractivity contribution < 1.29 is 4.42 Å². The van der Waals surface area contributed by atoms with E-state index in [9.17, 15) is 0 Å². The van der Waals surface area contributed by atoms with Crippen molar-refractivity contribution in [1.29, 1.82) is 0 Å². The number of para-hydroxylation sites is 3. The summed E-state index contributed by atoms with van der Waals surface area (Å²) in [7, 11) is 0. The lowest BCUT2D eigenvalue weighted by atomic mass is 9.97. The summed E-state index contributed by atoms with van der Waals surface area (Å²) in [6.45, 7) is 0. The molecule has 0 N–H and O–H groups in total. The molecule has 0 spiro atoms. The molecule has 0 radical (unpaired) electrons. The van der Waals surface area contributed by atoms with Gasteiger partial charge in [-0.3, -0.25) is 0 Å². The van der Waals surface area contributed by atoms with Crippen LogP contribution in [-0.2, 0) is 0 Å². The van der Waals surface area contributed by atoms with Gasteiger partial charge in [0.25, 0.3) is 0 Å². The third-order valence-electron chi connectivity index (χ3n) is 13.4. The number of hydrogen-bond donors (Lipinski definition) is 0. The third kappa shape index (κ3) is 6.84. The lowest BCUT2D eigenvalue weighted by Crippen LogP contribution is -2.09. The van der Waals surface area contributed by atoms with E-state index < -0.39 is 0 Å². The molecule has 3 nitrogen and oxygen atoms in total. The Morgan fingerprint density at radius 1 is 0.269 bits per heavy atom. The largest absolute Gasteiger partial charge is 0.456 e. The van der Waals surface area contributed by atoms with E-state index >= 15 is 0 Å². The Kier molecular flexibility index (Phi) is 9.17. The van der Waals surface area contributed by atoms with E-state index in [-0.39, 0.29) is 0 Å². The summed E-state index contributed by atoms with van der Waals surface area (Å²) in [5, 5.41) is 7.26. The van der Waals surface area contributed by atoms with Gasteiger partial charge in [-0.15, -0.1) is 0 Å². The van der Waals surface area contributed by atoms with Crippen molar-refractivity contribution >= 4 is 71.6 Å². The van der Waals surface area contributed by atoms with Crippen molar-refractivity contribution in [3.05, 3.63) is 255 Å². The molecule has 0 bridgehead atoms. The summed E-state index contributed by atoms with van der Waals surface area (Å²) in [6.07, 6.45) is 0. The molecule has 314 valence electrons. The van der Waals surface area contributed by atoms with E-state index in [0.29, 0.717) is 0 Å². The fraction of sp³-hybridized carbons (Fsp3) is 0. The van der Waals surface area contributed by atoms with Crippen LogP contribution in [0.3, 0.4) is 0 Å². The Hall–Kier alpha value is -8.92. The summed E-state index contributed by atoms with van der Waals surface area (Å²) in [6, 6.07) is 92.0. The minimum absolute atomic E-state index is 0.897. The van der Waals surface area contributed by atoms with E-state index in [1.807, 2.05) is 12.1 Å². The number of anilines is 3. The number of nitrogens with zero attached hydrogens (tertiary/aromatic N) is 2. The molecule has 0 saturated heterocycles. The van der Waals surface area contributed by atoms with Crippen LogP contribution in [-0.4, -0.2) is 4.57 Å². The zero-order valence-corrected chi connectivity index (χ0v) is 36.6. The van der Waals surface area contributed by atoms with Crippen molar-refractivity contribution in [3.8, 4) is 50.2 Å². The van der Waals surface area contributed by atoms with Gasteiger partial charge in [0, 0.05) is 44.3 Å². The van der Waals surface area contributed by atoms with Crippen LogP contribution in [0.1, 0.15) is 0 Å². The van der Waals surface area contributed by atoms with Gasteiger partial charge < -0.3 is 13.9 Å². The predicted molar refractivity (Wildman–Crippen MR) is 282 cm³/mol. The van der Waals surface area contributed by atoms with Gasteiger partial charge in [0.05, 0.1) is 11.0 Å². The number of fused-ring (bicyclic) bond motifs is 7. The monoisotopic (exact) mass is 854 g/mol. The molecule has 0 aliphatic rings. The van der Waals surface area contributed by atoms with Crippen LogP contribution in [0.15, 0.2) is 259 Å². The lowest BCUT2D eigenvalue weighted by molar-refractivity contribution is 0.669. The zero-order chi connectivity index (χ0) is 44.3. The van der Waals surface area contributed by atoms with Crippen LogP contribution in [0.4, 0.5) is 17.1 Å². The highest BCUT2D eigenvalue weighted by atomic mass is 16.3.